The highest BCUT2D eigenvalue weighted by Gasteiger charge is 2.19. The van der Waals surface area contributed by atoms with Crippen LogP contribution < -0.4 is 10.6 Å². The van der Waals surface area contributed by atoms with Crippen LogP contribution >= 0.6 is 15.9 Å². The number of piperidine rings is 1. The molecule has 0 aliphatic carbocycles. The number of rotatable bonds is 1. The van der Waals surface area contributed by atoms with E-state index in [1.165, 1.54) is 19.3 Å². The van der Waals surface area contributed by atoms with Crippen molar-refractivity contribution < 1.29 is 0 Å². The molecule has 3 nitrogen and oxygen atoms in total. The van der Waals surface area contributed by atoms with Crippen molar-refractivity contribution in [3.8, 4) is 0 Å². The van der Waals surface area contributed by atoms with Gasteiger partial charge in [-0.2, -0.15) is 0 Å². The Morgan fingerprint density at radius 3 is 3.00 bits per heavy atom. The van der Waals surface area contributed by atoms with Gasteiger partial charge in [-0.05, 0) is 48.2 Å². The van der Waals surface area contributed by atoms with Gasteiger partial charge < -0.3 is 10.6 Å². The summed E-state index contributed by atoms with van der Waals surface area (Å²) in [4.78, 5) is 6.74. The summed E-state index contributed by atoms with van der Waals surface area (Å²) in [6.45, 7) is 3.36. The normalized spacial score (nSPS) is 21.7. The number of aromatic nitrogens is 1. The van der Waals surface area contributed by atoms with Crippen molar-refractivity contribution in [1.29, 1.82) is 0 Å². The summed E-state index contributed by atoms with van der Waals surface area (Å²) >= 11 is 3.44. The first-order valence-electron chi connectivity index (χ1n) is 5.36. The van der Waals surface area contributed by atoms with Gasteiger partial charge in [0.2, 0.25) is 0 Å². The van der Waals surface area contributed by atoms with Gasteiger partial charge in [0.15, 0.2) is 0 Å². The predicted molar refractivity (Wildman–Crippen MR) is 67.0 cm³/mol. The van der Waals surface area contributed by atoms with Crippen LogP contribution in [0.4, 0.5) is 11.5 Å². The fourth-order valence-corrected chi connectivity index (χ4v) is 2.33. The number of anilines is 2. The molecular formula is C11H16BrN3. The lowest BCUT2D eigenvalue weighted by Crippen LogP contribution is -2.37. The molecule has 1 saturated heterocycles. The predicted octanol–water partition coefficient (Wildman–Crippen LogP) is 2.81. The molecular weight excluding hydrogens is 254 g/mol. The highest BCUT2D eigenvalue weighted by Crippen LogP contribution is 2.27. The molecule has 82 valence electrons. The van der Waals surface area contributed by atoms with Crippen LogP contribution in [0.5, 0.6) is 0 Å². The van der Waals surface area contributed by atoms with Crippen LogP contribution in [0.15, 0.2) is 16.7 Å². The Labute approximate surface area is 98.8 Å². The maximum Gasteiger partial charge on any atom is 0.130 e. The Morgan fingerprint density at radius 2 is 2.33 bits per heavy atom. The van der Waals surface area contributed by atoms with E-state index in [4.69, 9.17) is 5.73 Å². The average molecular weight is 270 g/mol. The molecule has 1 fully saturated rings. The van der Waals surface area contributed by atoms with Crippen molar-refractivity contribution >= 4 is 27.4 Å². The molecule has 0 spiro atoms. The van der Waals surface area contributed by atoms with Crippen molar-refractivity contribution in [3.63, 3.8) is 0 Å². The second kappa shape index (κ2) is 4.39. The maximum absolute atomic E-state index is 5.73. The molecule has 1 aromatic rings. The Hall–Kier alpha value is -0.770. The monoisotopic (exact) mass is 269 g/mol. The van der Waals surface area contributed by atoms with Crippen molar-refractivity contribution in [3.05, 3.63) is 16.7 Å². The number of hydrogen-bond donors (Lipinski definition) is 1. The number of pyridine rings is 1. The van der Waals surface area contributed by atoms with E-state index in [9.17, 15) is 0 Å². The lowest BCUT2D eigenvalue weighted by Gasteiger charge is -2.34. The lowest BCUT2D eigenvalue weighted by atomic mass is 10.0. The van der Waals surface area contributed by atoms with Crippen molar-refractivity contribution in [1.82, 2.24) is 4.98 Å². The molecule has 0 saturated carbocycles. The van der Waals surface area contributed by atoms with Crippen LogP contribution in [0.2, 0.25) is 0 Å². The van der Waals surface area contributed by atoms with E-state index in [2.05, 4.69) is 32.7 Å². The minimum Gasteiger partial charge on any atom is -0.397 e. The average Bonchev–Trinajstić information content (AvgIpc) is 2.23. The van der Waals surface area contributed by atoms with Crippen molar-refractivity contribution in [2.24, 2.45) is 0 Å². The Bertz CT molecular complexity index is 354. The van der Waals surface area contributed by atoms with Crippen LogP contribution in [0.1, 0.15) is 26.2 Å². The fourth-order valence-electron chi connectivity index (χ4n) is 2.03. The van der Waals surface area contributed by atoms with Crippen LogP contribution in [0.3, 0.4) is 0 Å². The third-order valence-corrected chi connectivity index (χ3v) is 3.65. The summed E-state index contributed by atoms with van der Waals surface area (Å²) in [6.07, 6.45) is 5.56. The van der Waals surface area contributed by atoms with Gasteiger partial charge in [0, 0.05) is 17.1 Å². The Morgan fingerprint density at radius 1 is 1.53 bits per heavy atom. The topological polar surface area (TPSA) is 42.1 Å². The van der Waals surface area contributed by atoms with Crippen molar-refractivity contribution in [2.45, 2.75) is 32.2 Å². The fraction of sp³-hybridized carbons (Fsp3) is 0.545. The highest BCUT2D eigenvalue weighted by molar-refractivity contribution is 9.10. The summed E-state index contributed by atoms with van der Waals surface area (Å²) < 4.78 is 0.935. The molecule has 2 heterocycles. The van der Waals surface area contributed by atoms with E-state index in [-0.39, 0.29) is 0 Å². The summed E-state index contributed by atoms with van der Waals surface area (Å²) in [5.74, 6) is 1.03. The molecule has 1 atom stereocenters. The largest absolute Gasteiger partial charge is 0.397 e. The molecule has 0 radical (unpaired) electrons. The molecule has 1 unspecified atom stereocenters. The quantitative estimate of drug-likeness (QED) is 0.853. The van der Waals surface area contributed by atoms with Crippen LogP contribution in [-0.4, -0.2) is 17.6 Å². The third kappa shape index (κ3) is 2.25. The number of nitrogen functional groups attached to an aromatic ring is 1. The van der Waals surface area contributed by atoms with E-state index in [1.54, 1.807) is 6.20 Å². The lowest BCUT2D eigenvalue weighted by molar-refractivity contribution is 0.481. The van der Waals surface area contributed by atoms with Crippen LogP contribution in [-0.2, 0) is 0 Å². The van der Waals surface area contributed by atoms with E-state index in [0.717, 1.165) is 16.8 Å². The number of halogens is 1. The summed E-state index contributed by atoms with van der Waals surface area (Å²) in [5, 5.41) is 0. The first-order valence-corrected chi connectivity index (χ1v) is 6.15. The van der Waals surface area contributed by atoms with Gasteiger partial charge in [0.25, 0.3) is 0 Å². The van der Waals surface area contributed by atoms with Crippen LogP contribution in [0, 0.1) is 0 Å². The van der Waals surface area contributed by atoms with Gasteiger partial charge >= 0.3 is 0 Å². The highest BCUT2D eigenvalue weighted by atomic mass is 79.9. The number of nitrogens with two attached hydrogens (primary N) is 1. The molecule has 0 aromatic carbocycles. The summed E-state index contributed by atoms with van der Waals surface area (Å²) in [7, 11) is 0. The zero-order chi connectivity index (χ0) is 10.8. The van der Waals surface area contributed by atoms with E-state index >= 15 is 0 Å². The number of hydrogen-bond acceptors (Lipinski definition) is 3. The smallest absolute Gasteiger partial charge is 0.130 e. The second-order valence-corrected chi connectivity index (χ2v) is 4.96. The number of nitrogens with zero attached hydrogens (tertiary/aromatic N) is 2. The van der Waals surface area contributed by atoms with Gasteiger partial charge in [-0.25, -0.2) is 4.98 Å². The SMILES string of the molecule is CC1CCCCN1c1cc(Br)c(N)cn1. The van der Waals surface area contributed by atoms with Gasteiger partial charge in [0.1, 0.15) is 5.82 Å². The van der Waals surface area contributed by atoms with E-state index in [0.29, 0.717) is 11.7 Å². The Kier molecular flexibility index (Phi) is 3.14. The molecule has 1 aromatic heterocycles. The third-order valence-electron chi connectivity index (χ3n) is 2.96. The molecule has 1 aliphatic rings. The first kappa shape index (κ1) is 10.7. The summed E-state index contributed by atoms with van der Waals surface area (Å²) in [6, 6.07) is 2.60. The van der Waals surface area contributed by atoms with Gasteiger partial charge in [0.05, 0.1) is 11.9 Å². The van der Waals surface area contributed by atoms with E-state index in [1.807, 2.05) is 6.07 Å². The van der Waals surface area contributed by atoms with E-state index < -0.39 is 0 Å². The second-order valence-electron chi connectivity index (χ2n) is 4.10. The molecule has 4 heteroatoms. The first-order chi connectivity index (χ1) is 7.18. The molecule has 2 N–H and O–H groups in total. The standard InChI is InChI=1S/C11H16BrN3/c1-8-4-2-3-5-15(8)11-6-9(12)10(13)7-14-11/h6-8H,2-5,13H2,1H3. The molecule has 2 rings (SSSR count). The van der Waals surface area contributed by atoms with Gasteiger partial charge in [-0.1, -0.05) is 0 Å². The molecule has 0 amide bonds. The summed E-state index contributed by atoms with van der Waals surface area (Å²) in [5.41, 5.74) is 6.42. The van der Waals surface area contributed by atoms with Gasteiger partial charge in [-0.15, -0.1) is 0 Å². The zero-order valence-corrected chi connectivity index (χ0v) is 10.5. The Balaban J connectivity index is 2.24. The molecule has 1 aliphatic heterocycles. The van der Waals surface area contributed by atoms with Gasteiger partial charge in [-0.3, -0.25) is 0 Å². The zero-order valence-electron chi connectivity index (χ0n) is 8.91. The van der Waals surface area contributed by atoms with Crippen LogP contribution in [0.25, 0.3) is 0 Å². The minimum absolute atomic E-state index is 0.585. The maximum atomic E-state index is 5.73. The molecule has 0 bridgehead atoms. The van der Waals surface area contributed by atoms with Crippen molar-refractivity contribution in [2.75, 3.05) is 17.2 Å². The molecule has 15 heavy (non-hydrogen) atoms. The minimum atomic E-state index is 0.585.